The largest absolute Gasteiger partial charge is 0.369 e. The molecule has 1 N–H and O–H groups in total. The number of carbonyl (C=O) groups excluding carboxylic acids is 1. The number of rotatable bonds is 8. The number of hydrogen-bond donors (Lipinski definition) is 1. The van der Waals surface area contributed by atoms with Crippen LogP contribution in [-0.4, -0.2) is 59.9 Å². The molecule has 1 aromatic heterocycles. The average Bonchev–Trinajstić information content (AvgIpc) is 3.50. The van der Waals surface area contributed by atoms with Crippen molar-refractivity contribution in [3.05, 3.63) is 77.1 Å². The topological polar surface area (TPSA) is 53.4 Å². The van der Waals surface area contributed by atoms with Crippen molar-refractivity contribution >= 4 is 11.6 Å². The first-order valence-corrected chi connectivity index (χ1v) is 12.5. The third kappa shape index (κ3) is 5.22. The highest BCUT2D eigenvalue weighted by Crippen LogP contribution is 2.28. The molecule has 1 fully saturated rings. The number of aromatic nitrogens is 2. The lowest BCUT2D eigenvalue weighted by Gasteiger charge is -2.36. The van der Waals surface area contributed by atoms with Crippen LogP contribution in [0.3, 0.4) is 0 Å². The van der Waals surface area contributed by atoms with Gasteiger partial charge in [0.1, 0.15) is 0 Å². The number of halogens is 2. The van der Waals surface area contributed by atoms with Gasteiger partial charge in [-0.3, -0.25) is 9.69 Å². The van der Waals surface area contributed by atoms with Gasteiger partial charge in [-0.15, -0.1) is 0 Å². The van der Waals surface area contributed by atoms with E-state index in [9.17, 15) is 13.6 Å². The SMILES string of the molecule is O=C(NCCCCN1CCN(c2ccccc2)CC1)c1nn(-c2ccc(F)c(F)c2)c2c1CCC2. The Hall–Kier alpha value is -3.26. The van der Waals surface area contributed by atoms with Gasteiger partial charge in [-0.1, -0.05) is 18.2 Å². The maximum atomic E-state index is 13.8. The lowest BCUT2D eigenvalue weighted by molar-refractivity contribution is 0.0946. The van der Waals surface area contributed by atoms with Crippen LogP contribution in [0.5, 0.6) is 0 Å². The van der Waals surface area contributed by atoms with Crippen LogP contribution in [0, 0.1) is 11.6 Å². The molecule has 0 spiro atoms. The van der Waals surface area contributed by atoms with E-state index in [1.54, 1.807) is 4.68 Å². The van der Waals surface area contributed by atoms with E-state index in [-0.39, 0.29) is 5.91 Å². The molecule has 2 aliphatic rings. The zero-order valence-electron chi connectivity index (χ0n) is 19.9. The van der Waals surface area contributed by atoms with E-state index in [0.717, 1.165) is 88.2 Å². The fraction of sp³-hybridized carbons (Fsp3) is 0.407. The van der Waals surface area contributed by atoms with Gasteiger partial charge in [0, 0.05) is 55.7 Å². The molecule has 1 aliphatic carbocycles. The number of nitrogens with zero attached hydrogens (tertiary/aromatic N) is 4. The molecule has 184 valence electrons. The third-order valence-corrected chi connectivity index (χ3v) is 6.97. The van der Waals surface area contributed by atoms with Crippen LogP contribution in [-0.2, 0) is 12.8 Å². The van der Waals surface area contributed by atoms with Crippen LogP contribution < -0.4 is 10.2 Å². The highest BCUT2D eigenvalue weighted by atomic mass is 19.2. The summed E-state index contributed by atoms with van der Waals surface area (Å²) in [7, 11) is 0. The summed E-state index contributed by atoms with van der Waals surface area (Å²) in [6.07, 6.45) is 4.39. The van der Waals surface area contributed by atoms with Gasteiger partial charge in [0.2, 0.25) is 0 Å². The predicted octanol–water partition coefficient (Wildman–Crippen LogP) is 3.97. The first-order chi connectivity index (χ1) is 17.1. The molecular formula is C27H31F2N5O. The van der Waals surface area contributed by atoms with E-state index in [1.807, 2.05) is 6.07 Å². The normalized spacial score (nSPS) is 15.9. The number of anilines is 1. The van der Waals surface area contributed by atoms with Gasteiger partial charge in [-0.2, -0.15) is 5.10 Å². The molecule has 35 heavy (non-hydrogen) atoms. The molecule has 0 atom stereocenters. The summed E-state index contributed by atoms with van der Waals surface area (Å²) in [5, 5.41) is 7.48. The van der Waals surface area contributed by atoms with Gasteiger partial charge in [-0.05, 0) is 62.9 Å². The average molecular weight is 480 g/mol. The Kier molecular flexibility index (Phi) is 7.08. The third-order valence-electron chi connectivity index (χ3n) is 6.97. The van der Waals surface area contributed by atoms with Crippen LogP contribution in [0.2, 0.25) is 0 Å². The monoisotopic (exact) mass is 479 g/mol. The lowest BCUT2D eigenvalue weighted by Crippen LogP contribution is -2.46. The summed E-state index contributed by atoms with van der Waals surface area (Å²) < 4.78 is 28.7. The van der Waals surface area contributed by atoms with E-state index in [1.165, 1.54) is 11.8 Å². The number of piperazine rings is 1. The number of nitrogens with one attached hydrogen (secondary N) is 1. The molecule has 0 unspecified atom stereocenters. The Morgan fingerprint density at radius 1 is 0.914 bits per heavy atom. The molecule has 2 heterocycles. The first kappa shape index (κ1) is 23.5. The van der Waals surface area contributed by atoms with Crippen LogP contribution in [0.4, 0.5) is 14.5 Å². The number of hydrogen-bond acceptors (Lipinski definition) is 4. The van der Waals surface area contributed by atoms with Crippen LogP contribution in [0.15, 0.2) is 48.5 Å². The van der Waals surface area contributed by atoms with Gasteiger partial charge < -0.3 is 10.2 Å². The molecular weight excluding hydrogens is 448 g/mol. The summed E-state index contributed by atoms with van der Waals surface area (Å²) in [4.78, 5) is 17.8. The molecule has 0 bridgehead atoms. The van der Waals surface area contributed by atoms with E-state index in [2.05, 4.69) is 44.5 Å². The number of unbranched alkanes of at least 4 members (excludes halogenated alkanes) is 1. The Morgan fingerprint density at radius 3 is 2.49 bits per heavy atom. The quantitative estimate of drug-likeness (QED) is 0.497. The van der Waals surface area contributed by atoms with Gasteiger partial charge in [0.25, 0.3) is 5.91 Å². The molecule has 0 radical (unpaired) electrons. The van der Waals surface area contributed by atoms with Crippen molar-refractivity contribution in [2.24, 2.45) is 0 Å². The Morgan fingerprint density at radius 2 is 1.71 bits per heavy atom. The second-order valence-electron chi connectivity index (χ2n) is 9.26. The minimum atomic E-state index is -0.919. The minimum absolute atomic E-state index is 0.194. The van der Waals surface area contributed by atoms with Gasteiger partial charge >= 0.3 is 0 Å². The number of carbonyl (C=O) groups is 1. The standard InChI is InChI=1S/C27H31F2N5O/c28-23-12-11-21(19-24(23)29)34-25-10-6-9-22(25)26(31-34)27(35)30-13-4-5-14-32-15-17-33(18-16-32)20-7-2-1-3-8-20/h1-3,7-8,11-12,19H,4-6,9-10,13-18H2,(H,30,35). The molecule has 6 nitrogen and oxygen atoms in total. The second-order valence-corrected chi connectivity index (χ2v) is 9.26. The van der Waals surface area contributed by atoms with Gasteiger partial charge in [-0.25, -0.2) is 13.5 Å². The maximum absolute atomic E-state index is 13.8. The summed E-state index contributed by atoms with van der Waals surface area (Å²) in [6, 6.07) is 14.2. The van der Waals surface area contributed by atoms with Gasteiger partial charge in [0.05, 0.1) is 5.69 Å². The molecule has 0 saturated carbocycles. The van der Waals surface area contributed by atoms with Crippen LogP contribution in [0.1, 0.15) is 41.0 Å². The number of fused-ring (bicyclic) bond motifs is 1. The van der Waals surface area contributed by atoms with Crippen molar-refractivity contribution in [1.29, 1.82) is 0 Å². The minimum Gasteiger partial charge on any atom is -0.369 e. The van der Waals surface area contributed by atoms with Crippen molar-refractivity contribution < 1.29 is 13.6 Å². The van der Waals surface area contributed by atoms with Crippen molar-refractivity contribution in [3.63, 3.8) is 0 Å². The summed E-state index contributed by atoms with van der Waals surface area (Å²) in [5.74, 6) is -2.01. The van der Waals surface area contributed by atoms with Crippen molar-refractivity contribution in [1.82, 2.24) is 20.0 Å². The molecule has 1 amide bonds. The summed E-state index contributed by atoms with van der Waals surface area (Å²) in [6.45, 7) is 5.79. The molecule has 1 saturated heterocycles. The molecule has 2 aromatic carbocycles. The van der Waals surface area contributed by atoms with Crippen molar-refractivity contribution in [2.75, 3.05) is 44.2 Å². The summed E-state index contributed by atoms with van der Waals surface area (Å²) >= 11 is 0. The highest BCUT2D eigenvalue weighted by Gasteiger charge is 2.27. The Labute approximate surface area is 204 Å². The molecule has 5 rings (SSSR count). The first-order valence-electron chi connectivity index (χ1n) is 12.5. The molecule has 1 aliphatic heterocycles. The van der Waals surface area contributed by atoms with Crippen LogP contribution >= 0.6 is 0 Å². The lowest BCUT2D eigenvalue weighted by atomic mass is 10.2. The highest BCUT2D eigenvalue weighted by molar-refractivity contribution is 5.94. The smallest absolute Gasteiger partial charge is 0.272 e. The fourth-order valence-corrected chi connectivity index (χ4v) is 5.06. The zero-order valence-corrected chi connectivity index (χ0v) is 19.9. The maximum Gasteiger partial charge on any atom is 0.272 e. The fourth-order valence-electron chi connectivity index (χ4n) is 5.06. The van der Waals surface area contributed by atoms with Crippen molar-refractivity contribution in [2.45, 2.75) is 32.1 Å². The Bertz CT molecular complexity index is 1170. The van der Waals surface area contributed by atoms with E-state index in [4.69, 9.17) is 0 Å². The van der Waals surface area contributed by atoms with Crippen LogP contribution in [0.25, 0.3) is 5.69 Å². The van der Waals surface area contributed by atoms with Gasteiger partial charge in [0.15, 0.2) is 17.3 Å². The van der Waals surface area contributed by atoms with E-state index < -0.39 is 11.6 Å². The Balaban J connectivity index is 1.09. The van der Waals surface area contributed by atoms with E-state index >= 15 is 0 Å². The number of amides is 1. The zero-order chi connectivity index (χ0) is 24.2. The number of para-hydroxylation sites is 1. The second kappa shape index (κ2) is 10.6. The molecule has 8 heteroatoms. The number of benzene rings is 2. The summed E-state index contributed by atoms with van der Waals surface area (Å²) in [5.41, 5.74) is 3.96. The molecule has 3 aromatic rings. The van der Waals surface area contributed by atoms with E-state index in [0.29, 0.717) is 17.9 Å². The predicted molar refractivity (Wildman–Crippen MR) is 132 cm³/mol. The van der Waals surface area contributed by atoms with Crippen molar-refractivity contribution in [3.8, 4) is 5.69 Å².